The van der Waals surface area contributed by atoms with Gasteiger partial charge in [-0.1, -0.05) is 12.1 Å². The number of rotatable bonds is 2. The standard InChI is InChI=1S/C15H12FNO/c1-18-13-4-2-3-10(8-13)15-9-11-7-12(16)5-6-14(11)17-15/h2-9,17H,1H3. The number of ether oxygens (including phenoxy) is 1. The van der Waals surface area contributed by atoms with Crippen molar-refractivity contribution in [1.82, 2.24) is 4.98 Å². The van der Waals surface area contributed by atoms with Crippen molar-refractivity contribution < 1.29 is 9.13 Å². The average Bonchev–Trinajstić information content (AvgIpc) is 2.81. The molecule has 0 saturated heterocycles. The van der Waals surface area contributed by atoms with Gasteiger partial charge in [0, 0.05) is 22.2 Å². The largest absolute Gasteiger partial charge is 0.497 e. The molecule has 0 spiro atoms. The van der Waals surface area contributed by atoms with Gasteiger partial charge in [0.2, 0.25) is 0 Å². The Morgan fingerprint density at radius 3 is 2.78 bits per heavy atom. The van der Waals surface area contributed by atoms with Crippen molar-refractivity contribution in [2.75, 3.05) is 7.11 Å². The summed E-state index contributed by atoms with van der Waals surface area (Å²) in [6.45, 7) is 0. The van der Waals surface area contributed by atoms with Crippen LogP contribution in [0.4, 0.5) is 4.39 Å². The molecule has 3 heteroatoms. The first-order valence-corrected chi connectivity index (χ1v) is 5.69. The van der Waals surface area contributed by atoms with Gasteiger partial charge in [-0.3, -0.25) is 0 Å². The number of aromatic nitrogens is 1. The molecule has 0 unspecified atom stereocenters. The summed E-state index contributed by atoms with van der Waals surface area (Å²) in [7, 11) is 1.64. The molecule has 2 nitrogen and oxygen atoms in total. The molecule has 3 rings (SSSR count). The first-order valence-electron chi connectivity index (χ1n) is 5.69. The normalized spacial score (nSPS) is 10.8. The average molecular weight is 241 g/mol. The van der Waals surface area contributed by atoms with E-state index in [0.717, 1.165) is 27.9 Å². The van der Waals surface area contributed by atoms with Crippen LogP contribution in [0.2, 0.25) is 0 Å². The Kier molecular flexibility index (Phi) is 2.52. The lowest BCUT2D eigenvalue weighted by atomic mass is 10.1. The van der Waals surface area contributed by atoms with Crippen molar-refractivity contribution in [3.05, 3.63) is 54.3 Å². The summed E-state index contributed by atoms with van der Waals surface area (Å²) in [4.78, 5) is 3.27. The van der Waals surface area contributed by atoms with Crippen molar-refractivity contribution in [3.8, 4) is 17.0 Å². The third-order valence-corrected chi connectivity index (χ3v) is 2.96. The van der Waals surface area contributed by atoms with Gasteiger partial charge in [0.1, 0.15) is 11.6 Å². The molecule has 0 radical (unpaired) electrons. The number of hydrogen-bond acceptors (Lipinski definition) is 1. The Bertz CT molecular complexity index is 703. The minimum absolute atomic E-state index is 0.223. The molecule has 1 N–H and O–H groups in total. The maximum atomic E-state index is 13.1. The van der Waals surface area contributed by atoms with Crippen LogP contribution in [0.5, 0.6) is 5.75 Å². The lowest BCUT2D eigenvalue weighted by Crippen LogP contribution is -1.83. The smallest absolute Gasteiger partial charge is 0.123 e. The summed E-state index contributed by atoms with van der Waals surface area (Å²) in [5.41, 5.74) is 2.90. The van der Waals surface area contributed by atoms with E-state index in [2.05, 4.69) is 4.98 Å². The molecule has 0 aliphatic carbocycles. The van der Waals surface area contributed by atoms with Crippen LogP contribution in [0.3, 0.4) is 0 Å². The van der Waals surface area contributed by atoms with E-state index in [4.69, 9.17) is 4.74 Å². The fourth-order valence-electron chi connectivity index (χ4n) is 2.05. The highest BCUT2D eigenvalue weighted by Gasteiger charge is 2.05. The fraction of sp³-hybridized carbons (Fsp3) is 0.0667. The minimum Gasteiger partial charge on any atom is -0.497 e. The topological polar surface area (TPSA) is 25.0 Å². The van der Waals surface area contributed by atoms with E-state index in [0.29, 0.717) is 0 Å². The minimum atomic E-state index is -0.223. The summed E-state index contributed by atoms with van der Waals surface area (Å²) in [5.74, 6) is 0.580. The highest BCUT2D eigenvalue weighted by Crippen LogP contribution is 2.27. The van der Waals surface area contributed by atoms with E-state index >= 15 is 0 Å². The zero-order valence-corrected chi connectivity index (χ0v) is 9.91. The molecule has 2 aromatic carbocycles. The summed E-state index contributed by atoms with van der Waals surface area (Å²) in [6.07, 6.45) is 0. The zero-order chi connectivity index (χ0) is 12.5. The van der Waals surface area contributed by atoms with Gasteiger partial charge in [-0.05, 0) is 36.4 Å². The molecular formula is C15H12FNO. The number of benzene rings is 2. The Morgan fingerprint density at radius 2 is 1.94 bits per heavy atom. The fourth-order valence-corrected chi connectivity index (χ4v) is 2.05. The van der Waals surface area contributed by atoms with Crippen LogP contribution in [-0.4, -0.2) is 12.1 Å². The van der Waals surface area contributed by atoms with Crippen molar-refractivity contribution in [3.63, 3.8) is 0 Å². The van der Waals surface area contributed by atoms with Crippen LogP contribution in [-0.2, 0) is 0 Å². The molecular weight excluding hydrogens is 229 g/mol. The molecule has 1 heterocycles. The summed E-state index contributed by atoms with van der Waals surface area (Å²) < 4.78 is 18.3. The second-order valence-electron chi connectivity index (χ2n) is 4.15. The number of halogens is 1. The predicted molar refractivity (Wildman–Crippen MR) is 70.2 cm³/mol. The molecule has 18 heavy (non-hydrogen) atoms. The van der Waals surface area contributed by atoms with Crippen molar-refractivity contribution >= 4 is 10.9 Å². The SMILES string of the molecule is COc1cccc(-c2cc3cc(F)ccc3[nH]2)c1. The Balaban J connectivity index is 2.13. The van der Waals surface area contributed by atoms with E-state index in [1.165, 1.54) is 12.1 Å². The lowest BCUT2D eigenvalue weighted by Gasteiger charge is -2.02. The number of fused-ring (bicyclic) bond motifs is 1. The third-order valence-electron chi connectivity index (χ3n) is 2.96. The maximum Gasteiger partial charge on any atom is 0.123 e. The quantitative estimate of drug-likeness (QED) is 0.721. The van der Waals surface area contributed by atoms with Crippen LogP contribution in [0.1, 0.15) is 0 Å². The number of aromatic amines is 1. The summed E-state index contributed by atoms with van der Waals surface area (Å²) in [6, 6.07) is 14.4. The molecule has 90 valence electrons. The van der Waals surface area contributed by atoms with Gasteiger partial charge < -0.3 is 9.72 Å². The number of nitrogens with one attached hydrogen (secondary N) is 1. The van der Waals surface area contributed by atoms with E-state index in [9.17, 15) is 4.39 Å². The van der Waals surface area contributed by atoms with Crippen LogP contribution >= 0.6 is 0 Å². The molecule has 0 bridgehead atoms. The Labute approximate surface area is 104 Å². The third kappa shape index (κ3) is 1.84. The molecule has 0 amide bonds. The lowest BCUT2D eigenvalue weighted by molar-refractivity contribution is 0.415. The molecule has 0 saturated carbocycles. The van der Waals surface area contributed by atoms with Gasteiger partial charge in [0.15, 0.2) is 0 Å². The number of H-pyrrole nitrogens is 1. The van der Waals surface area contributed by atoms with Gasteiger partial charge in [-0.15, -0.1) is 0 Å². The monoisotopic (exact) mass is 241 g/mol. The number of hydrogen-bond donors (Lipinski definition) is 1. The molecule has 3 aromatic rings. The van der Waals surface area contributed by atoms with Gasteiger partial charge in [0.25, 0.3) is 0 Å². The van der Waals surface area contributed by atoms with E-state index < -0.39 is 0 Å². The van der Waals surface area contributed by atoms with Gasteiger partial charge in [-0.2, -0.15) is 0 Å². The van der Waals surface area contributed by atoms with Crippen molar-refractivity contribution in [2.45, 2.75) is 0 Å². The second kappa shape index (κ2) is 4.18. The predicted octanol–water partition coefficient (Wildman–Crippen LogP) is 3.98. The van der Waals surface area contributed by atoms with Crippen LogP contribution in [0, 0.1) is 5.82 Å². The molecule has 0 aliphatic heterocycles. The Morgan fingerprint density at radius 1 is 1.06 bits per heavy atom. The summed E-state index contributed by atoms with van der Waals surface area (Å²) in [5, 5.41) is 0.868. The molecule has 1 aromatic heterocycles. The maximum absolute atomic E-state index is 13.1. The van der Waals surface area contributed by atoms with Crippen molar-refractivity contribution in [2.24, 2.45) is 0 Å². The Hall–Kier alpha value is -2.29. The van der Waals surface area contributed by atoms with E-state index in [-0.39, 0.29) is 5.82 Å². The molecule has 0 fully saturated rings. The van der Waals surface area contributed by atoms with Crippen molar-refractivity contribution in [1.29, 1.82) is 0 Å². The van der Waals surface area contributed by atoms with E-state index in [1.807, 2.05) is 30.3 Å². The highest BCUT2D eigenvalue weighted by atomic mass is 19.1. The van der Waals surface area contributed by atoms with Crippen LogP contribution < -0.4 is 4.74 Å². The first-order chi connectivity index (χ1) is 8.76. The van der Waals surface area contributed by atoms with Crippen LogP contribution in [0.25, 0.3) is 22.2 Å². The molecule has 0 atom stereocenters. The van der Waals surface area contributed by atoms with E-state index in [1.54, 1.807) is 13.2 Å². The van der Waals surface area contributed by atoms with Gasteiger partial charge in [-0.25, -0.2) is 4.39 Å². The first kappa shape index (κ1) is 10.8. The molecule has 0 aliphatic rings. The zero-order valence-electron chi connectivity index (χ0n) is 9.91. The summed E-state index contributed by atoms with van der Waals surface area (Å²) >= 11 is 0. The van der Waals surface area contributed by atoms with Crippen LogP contribution in [0.15, 0.2) is 48.5 Å². The highest BCUT2D eigenvalue weighted by molar-refractivity contribution is 5.86. The number of methoxy groups -OCH3 is 1. The second-order valence-corrected chi connectivity index (χ2v) is 4.15. The van der Waals surface area contributed by atoms with Gasteiger partial charge >= 0.3 is 0 Å². The van der Waals surface area contributed by atoms with Gasteiger partial charge in [0.05, 0.1) is 7.11 Å².